The Kier molecular flexibility index (Phi) is 4.99. The largest absolute Gasteiger partial charge is 0.379 e. The third-order valence-corrected chi connectivity index (χ3v) is 4.10. The first-order valence-corrected chi connectivity index (χ1v) is 7.50. The van der Waals surface area contributed by atoms with Crippen molar-refractivity contribution < 1.29 is 14.3 Å². The van der Waals surface area contributed by atoms with Crippen LogP contribution in [-0.4, -0.2) is 54.6 Å². The first kappa shape index (κ1) is 15.3. The second kappa shape index (κ2) is 6.54. The Morgan fingerprint density at radius 1 is 1.40 bits per heavy atom. The predicted octanol–water partition coefficient (Wildman–Crippen LogP) is 0.0115. The highest BCUT2D eigenvalue weighted by atomic mass is 16.5. The van der Waals surface area contributed by atoms with Gasteiger partial charge in [-0.1, -0.05) is 6.92 Å². The normalized spacial score (nSPS) is 27.6. The number of hydrogen-bond acceptors (Lipinski definition) is 4. The lowest BCUT2D eigenvalue weighted by Gasteiger charge is -2.36. The van der Waals surface area contributed by atoms with Gasteiger partial charge in [-0.25, -0.2) is 0 Å². The van der Waals surface area contributed by atoms with Crippen LogP contribution < -0.4 is 11.1 Å². The summed E-state index contributed by atoms with van der Waals surface area (Å²) in [6.45, 7) is 4.19. The van der Waals surface area contributed by atoms with Gasteiger partial charge in [0.15, 0.2) is 0 Å². The van der Waals surface area contributed by atoms with Gasteiger partial charge in [-0.3, -0.25) is 9.59 Å². The second-order valence-electron chi connectivity index (χ2n) is 5.84. The van der Waals surface area contributed by atoms with Crippen molar-refractivity contribution in [3.05, 3.63) is 0 Å². The van der Waals surface area contributed by atoms with Crippen LogP contribution in [-0.2, 0) is 14.3 Å². The molecule has 0 aromatic heterocycles. The summed E-state index contributed by atoms with van der Waals surface area (Å²) in [7, 11) is 0. The number of rotatable bonds is 4. The number of hydrogen-bond donors (Lipinski definition) is 2. The SMILES string of the molecule is CCCC(=O)NC1CCN(C(=O)C2(N)CCOC2)CC1. The van der Waals surface area contributed by atoms with Gasteiger partial charge in [0.2, 0.25) is 11.8 Å². The van der Waals surface area contributed by atoms with E-state index in [0.717, 1.165) is 19.3 Å². The minimum absolute atomic E-state index is 0.00617. The molecule has 2 aliphatic heterocycles. The van der Waals surface area contributed by atoms with Gasteiger partial charge < -0.3 is 20.7 Å². The summed E-state index contributed by atoms with van der Waals surface area (Å²) in [5, 5.41) is 3.03. The quantitative estimate of drug-likeness (QED) is 0.761. The van der Waals surface area contributed by atoms with Gasteiger partial charge in [-0.05, 0) is 25.7 Å². The molecule has 0 aromatic rings. The number of amides is 2. The van der Waals surface area contributed by atoms with Gasteiger partial charge in [0, 0.05) is 32.2 Å². The molecule has 6 heteroatoms. The van der Waals surface area contributed by atoms with E-state index in [2.05, 4.69) is 5.32 Å². The van der Waals surface area contributed by atoms with E-state index in [9.17, 15) is 9.59 Å². The number of nitrogens with one attached hydrogen (secondary N) is 1. The highest BCUT2D eigenvalue weighted by Gasteiger charge is 2.41. The van der Waals surface area contributed by atoms with Crippen molar-refractivity contribution in [2.45, 2.75) is 50.6 Å². The van der Waals surface area contributed by atoms with E-state index < -0.39 is 5.54 Å². The Labute approximate surface area is 120 Å². The molecule has 0 radical (unpaired) electrons. The van der Waals surface area contributed by atoms with Crippen molar-refractivity contribution in [2.24, 2.45) is 5.73 Å². The van der Waals surface area contributed by atoms with Crippen molar-refractivity contribution in [3.63, 3.8) is 0 Å². The van der Waals surface area contributed by atoms with Crippen molar-refractivity contribution in [3.8, 4) is 0 Å². The van der Waals surface area contributed by atoms with E-state index in [-0.39, 0.29) is 17.9 Å². The number of ether oxygens (including phenoxy) is 1. The number of piperidine rings is 1. The molecule has 2 amide bonds. The fraction of sp³-hybridized carbons (Fsp3) is 0.857. The molecule has 0 aliphatic carbocycles. The molecule has 1 unspecified atom stereocenters. The van der Waals surface area contributed by atoms with E-state index in [1.807, 2.05) is 11.8 Å². The molecule has 2 rings (SSSR count). The molecule has 3 N–H and O–H groups in total. The topological polar surface area (TPSA) is 84.7 Å². The Morgan fingerprint density at radius 3 is 2.65 bits per heavy atom. The van der Waals surface area contributed by atoms with Crippen molar-refractivity contribution in [1.29, 1.82) is 0 Å². The van der Waals surface area contributed by atoms with Crippen LogP contribution in [0, 0.1) is 0 Å². The molecule has 2 heterocycles. The summed E-state index contributed by atoms with van der Waals surface area (Å²) < 4.78 is 5.24. The molecule has 20 heavy (non-hydrogen) atoms. The minimum atomic E-state index is -0.835. The van der Waals surface area contributed by atoms with E-state index in [4.69, 9.17) is 10.5 Å². The van der Waals surface area contributed by atoms with Crippen LogP contribution in [0.4, 0.5) is 0 Å². The number of carbonyl (C=O) groups is 2. The van der Waals surface area contributed by atoms with E-state index in [1.165, 1.54) is 0 Å². The zero-order valence-corrected chi connectivity index (χ0v) is 12.2. The maximum atomic E-state index is 12.4. The molecule has 0 bridgehead atoms. The van der Waals surface area contributed by atoms with Crippen LogP contribution in [0.5, 0.6) is 0 Å². The average Bonchev–Trinajstić information content (AvgIpc) is 2.87. The van der Waals surface area contributed by atoms with Gasteiger partial charge in [0.05, 0.1) is 6.61 Å². The number of carbonyl (C=O) groups excluding carboxylic acids is 2. The maximum absolute atomic E-state index is 12.4. The van der Waals surface area contributed by atoms with Crippen molar-refractivity contribution >= 4 is 11.8 Å². The van der Waals surface area contributed by atoms with Crippen LogP contribution >= 0.6 is 0 Å². The first-order chi connectivity index (χ1) is 9.55. The molecule has 6 nitrogen and oxygen atoms in total. The minimum Gasteiger partial charge on any atom is -0.379 e. The van der Waals surface area contributed by atoms with Crippen LogP contribution in [0.2, 0.25) is 0 Å². The van der Waals surface area contributed by atoms with Crippen LogP contribution in [0.25, 0.3) is 0 Å². The Morgan fingerprint density at radius 2 is 2.10 bits per heavy atom. The predicted molar refractivity (Wildman–Crippen MR) is 75.0 cm³/mol. The molecular formula is C14H25N3O3. The molecule has 2 aliphatic rings. The van der Waals surface area contributed by atoms with Crippen LogP contribution in [0.1, 0.15) is 39.0 Å². The smallest absolute Gasteiger partial charge is 0.245 e. The van der Waals surface area contributed by atoms with Gasteiger partial charge in [-0.2, -0.15) is 0 Å². The Balaban J connectivity index is 1.79. The lowest BCUT2D eigenvalue weighted by Crippen LogP contribution is -2.58. The zero-order valence-electron chi connectivity index (χ0n) is 12.2. The summed E-state index contributed by atoms with van der Waals surface area (Å²) in [5.74, 6) is 0.102. The summed E-state index contributed by atoms with van der Waals surface area (Å²) in [6, 6.07) is 0.187. The molecule has 2 fully saturated rings. The molecule has 114 valence electrons. The number of nitrogens with two attached hydrogens (primary N) is 1. The summed E-state index contributed by atoms with van der Waals surface area (Å²) in [5.41, 5.74) is 5.27. The summed E-state index contributed by atoms with van der Waals surface area (Å²) in [6.07, 6.45) is 3.64. The highest BCUT2D eigenvalue weighted by Crippen LogP contribution is 2.21. The Hall–Kier alpha value is -1.14. The number of nitrogens with zero attached hydrogens (tertiary/aromatic N) is 1. The molecule has 0 saturated carbocycles. The first-order valence-electron chi connectivity index (χ1n) is 7.50. The summed E-state index contributed by atoms with van der Waals surface area (Å²) >= 11 is 0. The van der Waals surface area contributed by atoms with Crippen molar-refractivity contribution in [2.75, 3.05) is 26.3 Å². The maximum Gasteiger partial charge on any atom is 0.245 e. The van der Waals surface area contributed by atoms with E-state index in [0.29, 0.717) is 39.1 Å². The zero-order chi connectivity index (χ0) is 14.6. The highest BCUT2D eigenvalue weighted by molar-refractivity contribution is 5.86. The average molecular weight is 283 g/mol. The number of likely N-dealkylation sites (tertiary alicyclic amines) is 1. The van der Waals surface area contributed by atoms with Gasteiger partial charge in [-0.15, -0.1) is 0 Å². The fourth-order valence-corrected chi connectivity index (χ4v) is 2.82. The van der Waals surface area contributed by atoms with E-state index >= 15 is 0 Å². The monoisotopic (exact) mass is 283 g/mol. The molecule has 0 aromatic carbocycles. The molecule has 0 spiro atoms. The van der Waals surface area contributed by atoms with Gasteiger partial charge in [0.1, 0.15) is 5.54 Å². The van der Waals surface area contributed by atoms with Gasteiger partial charge in [0.25, 0.3) is 0 Å². The second-order valence-corrected chi connectivity index (χ2v) is 5.84. The fourth-order valence-electron chi connectivity index (χ4n) is 2.82. The molecule has 2 saturated heterocycles. The standard InChI is InChI=1S/C14H25N3O3/c1-2-3-12(18)16-11-4-7-17(8-5-11)13(19)14(15)6-9-20-10-14/h11H,2-10,15H2,1H3,(H,16,18). The molecule has 1 atom stereocenters. The van der Waals surface area contributed by atoms with E-state index in [1.54, 1.807) is 0 Å². The third-order valence-electron chi connectivity index (χ3n) is 4.10. The van der Waals surface area contributed by atoms with Gasteiger partial charge >= 0.3 is 0 Å². The summed E-state index contributed by atoms with van der Waals surface area (Å²) in [4.78, 5) is 25.8. The lowest BCUT2D eigenvalue weighted by molar-refractivity contribution is -0.138. The van der Waals surface area contributed by atoms with Crippen LogP contribution in [0.15, 0.2) is 0 Å². The van der Waals surface area contributed by atoms with Crippen LogP contribution in [0.3, 0.4) is 0 Å². The van der Waals surface area contributed by atoms with Crippen molar-refractivity contribution in [1.82, 2.24) is 10.2 Å². The molecular weight excluding hydrogens is 258 g/mol. The lowest BCUT2D eigenvalue weighted by atomic mass is 9.96. The Bertz CT molecular complexity index is 359. The third kappa shape index (κ3) is 3.49.